The third kappa shape index (κ3) is 2.25. The zero-order valence-electron chi connectivity index (χ0n) is 9.12. The largest absolute Gasteiger partial charge is 0.382 e. The Bertz CT molecular complexity index is 544. The number of halogens is 1. The van der Waals surface area contributed by atoms with E-state index in [9.17, 15) is 9.18 Å². The number of nitrogen functional groups attached to an aromatic ring is 1. The number of hydrogen-bond donors (Lipinski definition) is 3. The summed E-state index contributed by atoms with van der Waals surface area (Å²) < 4.78 is 13.5. The number of aromatic amines is 1. The molecule has 0 unspecified atom stereocenters. The van der Waals surface area contributed by atoms with Gasteiger partial charge >= 0.3 is 0 Å². The van der Waals surface area contributed by atoms with Crippen LogP contribution in [0, 0.1) is 12.7 Å². The van der Waals surface area contributed by atoms with Gasteiger partial charge in [0, 0.05) is 6.07 Å². The zero-order chi connectivity index (χ0) is 12.4. The van der Waals surface area contributed by atoms with Crippen molar-refractivity contribution < 1.29 is 9.18 Å². The Labute approximate surface area is 96.8 Å². The molecule has 4 N–H and O–H groups in total. The molecule has 88 valence electrons. The lowest BCUT2D eigenvalue weighted by Gasteiger charge is -2.07. The third-order valence-electron chi connectivity index (χ3n) is 2.30. The van der Waals surface area contributed by atoms with Crippen LogP contribution in [0.15, 0.2) is 24.3 Å². The first-order chi connectivity index (χ1) is 8.08. The number of nitrogens with two attached hydrogens (primary N) is 1. The summed E-state index contributed by atoms with van der Waals surface area (Å²) in [5.74, 6) is -0.756. The second kappa shape index (κ2) is 4.25. The molecule has 0 aliphatic rings. The van der Waals surface area contributed by atoms with Crippen molar-refractivity contribution in [1.29, 1.82) is 0 Å². The van der Waals surface area contributed by atoms with E-state index in [1.807, 2.05) is 0 Å². The van der Waals surface area contributed by atoms with Crippen molar-refractivity contribution in [2.45, 2.75) is 6.92 Å². The minimum atomic E-state index is -0.484. The van der Waals surface area contributed by atoms with Gasteiger partial charge in [0.1, 0.15) is 17.3 Å². The van der Waals surface area contributed by atoms with Gasteiger partial charge in [0.15, 0.2) is 0 Å². The summed E-state index contributed by atoms with van der Waals surface area (Å²) in [6, 6.07) is 5.95. The van der Waals surface area contributed by atoms with Crippen LogP contribution in [0.4, 0.5) is 15.9 Å². The number of amides is 1. The quantitative estimate of drug-likeness (QED) is 0.739. The number of carbonyl (C=O) groups excluding carboxylic acids is 1. The van der Waals surface area contributed by atoms with Gasteiger partial charge < -0.3 is 11.1 Å². The van der Waals surface area contributed by atoms with Crippen LogP contribution in [0.1, 0.15) is 16.1 Å². The van der Waals surface area contributed by atoms with Crippen LogP contribution < -0.4 is 11.1 Å². The van der Waals surface area contributed by atoms with Crippen molar-refractivity contribution in [3.05, 3.63) is 41.3 Å². The van der Waals surface area contributed by atoms with Gasteiger partial charge in [-0.3, -0.25) is 9.89 Å². The van der Waals surface area contributed by atoms with Crippen molar-refractivity contribution in [3.63, 3.8) is 0 Å². The van der Waals surface area contributed by atoms with E-state index in [1.165, 1.54) is 12.1 Å². The van der Waals surface area contributed by atoms with Crippen molar-refractivity contribution in [2.75, 3.05) is 11.1 Å². The van der Waals surface area contributed by atoms with Gasteiger partial charge in [-0.05, 0) is 18.6 Å². The average molecular weight is 234 g/mol. The highest BCUT2D eigenvalue weighted by molar-refractivity contribution is 6.03. The molecule has 1 amide bonds. The monoisotopic (exact) mass is 234 g/mol. The zero-order valence-corrected chi connectivity index (χ0v) is 9.12. The molecule has 6 heteroatoms. The Hall–Kier alpha value is -2.37. The number of H-pyrrole nitrogens is 1. The van der Waals surface area contributed by atoms with E-state index in [-0.39, 0.29) is 17.2 Å². The van der Waals surface area contributed by atoms with Crippen LogP contribution in [0.2, 0.25) is 0 Å². The first-order valence-corrected chi connectivity index (χ1v) is 4.95. The van der Waals surface area contributed by atoms with Crippen molar-refractivity contribution >= 4 is 17.4 Å². The van der Waals surface area contributed by atoms with Gasteiger partial charge in [-0.15, -0.1) is 0 Å². The smallest absolute Gasteiger partial charge is 0.273 e. The predicted octanol–water partition coefficient (Wildman–Crippen LogP) is 1.69. The molecular weight excluding hydrogens is 223 g/mol. The van der Waals surface area contributed by atoms with Crippen LogP contribution in [-0.4, -0.2) is 16.1 Å². The Morgan fingerprint density at radius 2 is 2.29 bits per heavy atom. The number of para-hydroxylation sites is 1. The Morgan fingerprint density at radius 3 is 2.88 bits per heavy atom. The van der Waals surface area contributed by atoms with E-state index in [0.717, 1.165) is 0 Å². The number of aromatic nitrogens is 2. The molecule has 1 heterocycles. The predicted molar refractivity (Wildman–Crippen MR) is 62.1 cm³/mol. The van der Waals surface area contributed by atoms with E-state index in [2.05, 4.69) is 15.5 Å². The first kappa shape index (κ1) is 11.1. The number of nitrogens with one attached hydrogen (secondary N) is 2. The highest BCUT2D eigenvalue weighted by atomic mass is 19.1. The Kier molecular flexibility index (Phi) is 2.78. The highest BCUT2D eigenvalue weighted by Gasteiger charge is 2.12. The fourth-order valence-corrected chi connectivity index (χ4v) is 1.42. The first-order valence-electron chi connectivity index (χ1n) is 4.95. The summed E-state index contributed by atoms with van der Waals surface area (Å²) in [7, 11) is 0. The molecule has 2 aromatic rings. The van der Waals surface area contributed by atoms with Gasteiger partial charge in [-0.1, -0.05) is 12.1 Å². The van der Waals surface area contributed by atoms with E-state index in [1.54, 1.807) is 19.1 Å². The van der Waals surface area contributed by atoms with E-state index in [4.69, 9.17) is 5.73 Å². The third-order valence-corrected chi connectivity index (χ3v) is 2.30. The molecule has 1 aromatic carbocycles. The average Bonchev–Trinajstić information content (AvgIpc) is 2.70. The number of nitrogens with zero attached hydrogens (tertiary/aromatic N) is 1. The molecule has 0 aliphatic carbocycles. The van der Waals surface area contributed by atoms with Crippen molar-refractivity contribution in [3.8, 4) is 0 Å². The molecule has 5 nitrogen and oxygen atoms in total. The van der Waals surface area contributed by atoms with Crippen LogP contribution in [0.25, 0.3) is 0 Å². The second-order valence-corrected chi connectivity index (χ2v) is 3.59. The number of anilines is 2. The van der Waals surface area contributed by atoms with Gasteiger partial charge in [-0.2, -0.15) is 5.10 Å². The number of carbonyl (C=O) groups is 1. The van der Waals surface area contributed by atoms with Crippen LogP contribution in [0.3, 0.4) is 0 Å². The topological polar surface area (TPSA) is 83.8 Å². The minimum Gasteiger partial charge on any atom is -0.382 e. The van der Waals surface area contributed by atoms with Crippen molar-refractivity contribution in [1.82, 2.24) is 10.2 Å². The summed E-state index contributed by atoms with van der Waals surface area (Å²) in [5, 5.41) is 8.54. The SMILES string of the molecule is Cc1cccc(F)c1NC(=O)c1cc(N)n[nH]1. The molecular formula is C11H11FN4O. The molecule has 0 spiro atoms. The van der Waals surface area contributed by atoms with Crippen molar-refractivity contribution in [2.24, 2.45) is 0 Å². The molecule has 0 saturated carbocycles. The van der Waals surface area contributed by atoms with Gasteiger partial charge in [0.05, 0.1) is 5.69 Å². The van der Waals surface area contributed by atoms with Gasteiger partial charge in [0.25, 0.3) is 5.91 Å². The molecule has 17 heavy (non-hydrogen) atoms. The standard InChI is InChI=1S/C11H11FN4O/c1-6-3-2-4-7(12)10(6)14-11(17)8-5-9(13)16-15-8/h2-5H,1H3,(H,14,17)(H3,13,15,16). The molecule has 0 aliphatic heterocycles. The number of rotatable bonds is 2. The van der Waals surface area contributed by atoms with Crippen LogP contribution in [-0.2, 0) is 0 Å². The van der Waals surface area contributed by atoms with Crippen LogP contribution in [0.5, 0.6) is 0 Å². The molecule has 0 saturated heterocycles. The fraction of sp³-hybridized carbons (Fsp3) is 0.0909. The van der Waals surface area contributed by atoms with Gasteiger partial charge in [0.2, 0.25) is 0 Å². The summed E-state index contributed by atoms with van der Waals surface area (Å²) in [4.78, 5) is 11.7. The van der Waals surface area contributed by atoms with E-state index >= 15 is 0 Å². The molecule has 2 rings (SSSR count). The summed E-state index contributed by atoms with van der Waals surface area (Å²) >= 11 is 0. The maximum atomic E-state index is 13.5. The normalized spacial score (nSPS) is 10.2. The van der Waals surface area contributed by atoms with Crippen LogP contribution >= 0.6 is 0 Å². The van der Waals surface area contributed by atoms with E-state index < -0.39 is 11.7 Å². The Balaban J connectivity index is 2.24. The maximum Gasteiger partial charge on any atom is 0.273 e. The summed E-state index contributed by atoms with van der Waals surface area (Å²) in [5.41, 5.74) is 6.36. The lowest BCUT2D eigenvalue weighted by Crippen LogP contribution is -2.14. The summed E-state index contributed by atoms with van der Waals surface area (Å²) in [6.45, 7) is 1.71. The lowest BCUT2D eigenvalue weighted by molar-refractivity contribution is 0.102. The molecule has 1 aromatic heterocycles. The number of hydrogen-bond acceptors (Lipinski definition) is 3. The number of aryl methyl sites for hydroxylation is 1. The van der Waals surface area contributed by atoms with Gasteiger partial charge in [-0.25, -0.2) is 4.39 Å². The number of benzene rings is 1. The molecule has 0 atom stereocenters. The summed E-state index contributed by atoms with van der Waals surface area (Å²) in [6.07, 6.45) is 0. The molecule has 0 radical (unpaired) electrons. The highest BCUT2D eigenvalue weighted by Crippen LogP contribution is 2.19. The minimum absolute atomic E-state index is 0.158. The maximum absolute atomic E-state index is 13.5. The molecule has 0 fully saturated rings. The second-order valence-electron chi connectivity index (χ2n) is 3.59. The fourth-order valence-electron chi connectivity index (χ4n) is 1.42. The molecule has 0 bridgehead atoms. The Morgan fingerprint density at radius 1 is 1.53 bits per heavy atom. The lowest BCUT2D eigenvalue weighted by atomic mass is 10.2. The van der Waals surface area contributed by atoms with E-state index in [0.29, 0.717) is 5.56 Å².